The van der Waals surface area contributed by atoms with Gasteiger partial charge in [-0.05, 0) is 52.0 Å². The maximum absolute atomic E-state index is 13.2. The third kappa shape index (κ3) is 6.64. The second kappa shape index (κ2) is 11.0. The molecule has 1 aromatic carbocycles. The normalized spacial score (nSPS) is 24.6. The number of likely N-dealkylation sites (tertiary alicyclic amines) is 1. The van der Waals surface area contributed by atoms with Gasteiger partial charge in [-0.3, -0.25) is 9.59 Å². The number of nitrogens with zero attached hydrogens (tertiary/aromatic N) is 2. The summed E-state index contributed by atoms with van der Waals surface area (Å²) < 4.78 is 5.25. The number of rotatable bonds is 6. The van der Waals surface area contributed by atoms with Crippen LogP contribution in [-0.4, -0.2) is 75.2 Å². The summed E-state index contributed by atoms with van der Waals surface area (Å²) in [6, 6.07) is 7.64. The molecule has 2 fully saturated rings. The smallest absolute Gasteiger partial charge is 0.408 e. The van der Waals surface area contributed by atoms with Gasteiger partial charge < -0.3 is 30.3 Å². The summed E-state index contributed by atoms with van der Waals surface area (Å²) >= 11 is 0. The van der Waals surface area contributed by atoms with E-state index in [0.29, 0.717) is 32.2 Å². The standard InChI is InChI=1S/C25H36N4O6/c1-16(30)26-20-14-18(29(24(33)34)25(2,3)4)10-11-21(20)28-13-12-19(22(28)31)27-23(32)35-15-17-8-6-5-7-9-17/h5-9,18-21H,10-15H2,1-4H3,(H,26,30)(H,27,32)(H,33,34)/t18-,19+,20-,21+/m1/s1. The fourth-order valence-electron chi connectivity index (χ4n) is 5.22. The van der Waals surface area contributed by atoms with E-state index in [2.05, 4.69) is 10.6 Å². The summed E-state index contributed by atoms with van der Waals surface area (Å²) in [5.74, 6) is -0.449. The van der Waals surface area contributed by atoms with E-state index < -0.39 is 23.8 Å². The third-order valence-corrected chi connectivity index (χ3v) is 6.61. The van der Waals surface area contributed by atoms with E-state index in [4.69, 9.17) is 4.74 Å². The van der Waals surface area contributed by atoms with Crippen LogP contribution >= 0.6 is 0 Å². The maximum Gasteiger partial charge on any atom is 0.408 e. The monoisotopic (exact) mass is 488 g/mol. The maximum atomic E-state index is 13.2. The molecule has 0 bridgehead atoms. The van der Waals surface area contributed by atoms with Crippen LogP contribution in [0.1, 0.15) is 58.9 Å². The minimum Gasteiger partial charge on any atom is -0.465 e. The molecular weight excluding hydrogens is 452 g/mol. The average molecular weight is 489 g/mol. The highest BCUT2D eigenvalue weighted by molar-refractivity contribution is 5.88. The van der Waals surface area contributed by atoms with Gasteiger partial charge in [0, 0.05) is 25.0 Å². The molecule has 0 unspecified atom stereocenters. The van der Waals surface area contributed by atoms with Crippen LogP contribution in [0.25, 0.3) is 0 Å². The van der Waals surface area contributed by atoms with E-state index >= 15 is 0 Å². The lowest BCUT2D eigenvalue weighted by atomic mass is 9.83. The molecule has 10 nitrogen and oxygen atoms in total. The van der Waals surface area contributed by atoms with Crippen molar-refractivity contribution in [1.82, 2.24) is 20.4 Å². The van der Waals surface area contributed by atoms with Crippen LogP contribution in [-0.2, 0) is 20.9 Å². The second-order valence-electron chi connectivity index (χ2n) is 10.2. The number of alkyl carbamates (subject to hydrolysis) is 1. The van der Waals surface area contributed by atoms with Gasteiger partial charge in [0.05, 0.1) is 12.1 Å². The number of hydrogen-bond donors (Lipinski definition) is 3. The first-order valence-electron chi connectivity index (χ1n) is 12.0. The van der Waals surface area contributed by atoms with E-state index in [9.17, 15) is 24.3 Å². The van der Waals surface area contributed by atoms with Crippen LogP contribution < -0.4 is 10.6 Å². The predicted molar refractivity (Wildman–Crippen MR) is 129 cm³/mol. The highest BCUT2D eigenvalue weighted by Gasteiger charge is 2.45. The Bertz CT molecular complexity index is 932. The van der Waals surface area contributed by atoms with Gasteiger partial charge in [0.15, 0.2) is 0 Å². The molecule has 0 radical (unpaired) electrons. The zero-order valence-corrected chi connectivity index (χ0v) is 20.8. The molecule has 4 amide bonds. The van der Waals surface area contributed by atoms with Gasteiger partial charge in [-0.2, -0.15) is 0 Å². The van der Waals surface area contributed by atoms with E-state index in [-0.39, 0.29) is 36.5 Å². The SMILES string of the molecule is CC(=O)N[C@@H]1C[C@H](N(C(=O)O)C(C)(C)C)CC[C@@H]1N1CC[C@H](NC(=O)OCc2ccccc2)C1=O. The molecule has 0 aromatic heterocycles. The van der Waals surface area contributed by atoms with E-state index in [0.717, 1.165) is 5.56 Å². The number of ether oxygens (including phenoxy) is 1. The first-order valence-corrected chi connectivity index (χ1v) is 12.0. The van der Waals surface area contributed by atoms with Gasteiger partial charge in [-0.15, -0.1) is 0 Å². The third-order valence-electron chi connectivity index (χ3n) is 6.61. The number of benzene rings is 1. The van der Waals surface area contributed by atoms with Gasteiger partial charge in [0.2, 0.25) is 11.8 Å². The van der Waals surface area contributed by atoms with Crippen molar-refractivity contribution in [2.45, 2.75) is 89.7 Å². The summed E-state index contributed by atoms with van der Waals surface area (Å²) in [4.78, 5) is 52.5. The van der Waals surface area contributed by atoms with Gasteiger partial charge in [0.1, 0.15) is 12.6 Å². The molecule has 3 rings (SSSR count). The van der Waals surface area contributed by atoms with Crippen molar-refractivity contribution in [1.29, 1.82) is 0 Å². The lowest BCUT2D eigenvalue weighted by Crippen LogP contribution is -2.61. The van der Waals surface area contributed by atoms with Crippen LogP contribution in [0.5, 0.6) is 0 Å². The van der Waals surface area contributed by atoms with E-state index in [1.165, 1.54) is 11.8 Å². The molecule has 1 saturated carbocycles. The van der Waals surface area contributed by atoms with Gasteiger partial charge >= 0.3 is 12.2 Å². The fraction of sp³-hybridized carbons (Fsp3) is 0.600. The molecule has 1 heterocycles. The number of nitrogens with one attached hydrogen (secondary N) is 2. The number of carboxylic acid groups (broad SMARTS) is 1. The van der Waals surface area contributed by atoms with Gasteiger partial charge in [0.25, 0.3) is 0 Å². The zero-order chi connectivity index (χ0) is 25.8. The Morgan fingerprint density at radius 1 is 1.11 bits per heavy atom. The highest BCUT2D eigenvalue weighted by Crippen LogP contribution is 2.33. The molecule has 4 atom stereocenters. The molecule has 10 heteroatoms. The Hall–Kier alpha value is -3.30. The van der Waals surface area contributed by atoms with Crippen molar-refractivity contribution in [2.75, 3.05) is 6.54 Å². The largest absolute Gasteiger partial charge is 0.465 e. The molecular formula is C25H36N4O6. The van der Waals surface area contributed by atoms with Crippen molar-refractivity contribution in [2.24, 2.45) is 0 Å². The number of hydrogen-bond acceptors (Lipinski definition) is 5. The van der Waals surface area contributed by atoms with Crippen molar-refractivity contribution in [3.05, 3.63) is 35.9 Å². The Morgan fingerprint density at radius 2 is 1.80 bits per heavy atom. The van der Waals surface area contributed by atoms with Crippen LogP contribution in [0.2, 0.25) is 0 Å². The average Bonchev–Trinajstić information content (AvgIpc) is 3.11. The molecule has 1 aliphatic carbocycles. The number of carbonyl (C=O) groups is 4. The molecule has 0 spiro atoms. The summed E-state index contributed by atoms with van der Waals surface area (Å²) in [7, 11) is 0. The van der Waals surface area contributed by atoms with Crippen LogP contribution in [0, 0.1) is 0 Å². The summed E-state index contributed by atoms with van der Waals surface area (Å²) in [5, 5.41) is 15.4. The van der Waals surface area contributed by atoms with Crippen LogP contribution in [0.15, 0.2) is 30.3 Å². The first kappa shape index (κ1) is 26.3. The first-order chi connectivity index (χ1) is 16.5. The number of carbonyl (C=O) groups excluding carboxylic acids is 3. The molecule has 35 heavy (non-hydrogen) atoms. The van der Waals surface area contributed by atoms with E-state index in [1.807, 2.05) is 51.1 Å². The molecule has 192 valence electrons. The van der Waals surface area contributed by atoms with E-state index in [1.54, 1.807) is 4.90 Å². The molecule has 3 N–H and O–H groups in total. The van der Waals surface area contributed by atoms with Crippen LogP contribution in [0.3, 0.4) is 0 Å². The second-order valence-corrected chi connectivity index (χ2v) is 10.2. The van der Waals surface area contributed by atoms with Crippen molar-refractivity contribution < 1.29 is 29.0 Å². The quantitative estimate of drug-likeness (QED) is 0.565. The van der Waals surface area contributed by atoms with Gasteiger partial charge in [-0.25, -0.2) is 9.59 Å². The summed E-state index contributed by atoms with van der Waals surface area (Å²) in [6.07, 6.45) is 0.318. The van der Waals surface area contributed by atoms with Gasteiger partial charge in [-0.1, -0.05) is 30.3 Å². The summed E-state index contributed by atoms with van der Waals surface area (Å²) in [6.45, 7) is 7.50. The fourth-order valence-corrected chi connectivity index (χ4v) is 5.22. The van der Waals surface area contributed by atoms with Crippen LogP contribution in [0.4, 0.5) is 9.59 Å². The minimum atomic E-state index is -1.00. The highest BCUT2D eigenvalue weighted by atomic mass is 16.5. The zero-order valence-electron chi connectivity index (χ0n) is 20.8. The van der Waals surface area contributed by atoms with Crippen molar-refractivity contribution in [3.8, 4) is 0 Å². The Kier molecular flexibility index (Phi) is 8.24. The predicted octanol–water partition coefficient (Wildman–Crippen LogP) is 2.72. The Balaban J connectivity index is 1.63. The minimum absolute atomic E-state index is 0.111. The Labute approximate surface area is 206 Å². The lowest BCUT2D eigenvalue weighted by Gasteiger charge is -2.47. The Morgan fingerprint density at radius 3 is 2.40 bits per heavy atom. The van der Waals surface area contributed by atoms with Crippen molar-refractivity contribution >= 4 is 24.0 Å². The molecule has 1 saturated heterocycles. The topological polar surface area (TPSA) is 128 Å². The molecule has 1 aliphatic heterocycles. The number of amides is 4. The van der Waals surface area contributed by atoms with Crippen molar-refractivity contribution in [3.63, 3.8) is 0 Å². The summed E-state index contributed by atoms with van der Waals surface area (Å²) in [5.41, 5.74) is 0.255. The molecule has 2 aliphatic rings. The molecule has 1 aromatic rings. The lowest BCUT2D eigenvalue weighted by molar-refractivity contribution is -0.134.